The van der Waals surface area contributed by atoms with Crippen molar-refractivity contribution in [2.75, 3.05) is 4.90 Å². The molecule has 4 aromatic carbocycles. The number of carbonyl (C=O) groups is 2. The summed E-state index contributed by atoms with van der Waals surface area (Å²) >= 11 is 2.76. The van der Waals surface area contributed by atoms with Crippen LogP contribution in [0.4, 0.5) is 5.13 Å². The third kappa shape index (κ3) is 6.55. The van der Waals surface area contributed by atoms with Crippen LogP contribution in [0.1, 0.15) is 45.0 Å². The Hall–Kier alpha value is -4.73. The topological polar surface area (TPSA) is 92.6 Å². The van der Waals surface area contributed by atoms with Crippen molar-refractivity contribution in [1.82, 2.24) is 10.2 Å². The van der Waals surface area contributed by atoms with Gasteiger partial charge in [0.25, 0.3) is 5.78 Å². The number of aromatic nitrogens is 2. The zero-order chi connectivity index (χ0) is 31.5. The van der Waals surface area contributed by atoms with Gasteiger partial charge in [-0.15, -0.1) is 10.2 Å². The number of benzene rings is 4. The molecule has 45 heavy (non-hydrogen) atoms. The quantitative estimate of drug-likeness (QED) is 0.0579. The van der Waals surface area contributed by atoms with Gasteiger partial charge < -0.3 is 9.84 Å². The zero-order valence-corrected chi connectivity index (χ0v) is 26.7. The van der Waals surface area contributed by atoms with Crippen LogP contribution in [0.25, 0.3) is 5.76 Å². The van der Waals surface area contributed by atoms with Gasteiger partial charge >= 0.3 is 5.91 Å². The lowest BCUT2D eigenvalue weighted by atomic mass is 9.93. The van der Waals surface area contributed by atoms with Crippen LogP contribution in [-0.2, 0) is 21.9 Å². The molecule has 7 nitrogen and oxygen atoms in total. The Morgan fingerprint density at radius 3 is 2.31 bits per heavy atom. The minimum atomic E-state index is -0.906. The average Bonchev–Trinajstić information content (AvgIpc) is 3.63. The molecule has 6 rings (SSSR count). The molecule has 0 spiro atoms. The molecule has 1 saturated heterocycles. The summed E-state index contributed by atoms with van der Waals surface area (Å²) in [5, 5.41) is 20.6. The van der Waals surface area contributed by atoms with E-state index in [4.69, 9.17) is 4.74 Å². The van der Waals surface area contributed by atoms with Crippen LogP contribution < -0.4 is 9.64 Å². The summed E-state index contributed by atoms with van der Waals surface area (Å²) in [4.78, 5) is 28.7. The smallest absolute Gasteiger partial charge is 0.301 e. The summed E-state index contributed by atoms with van der Waals surface area (Å²) in [5.74, 6) is -0.423. The molecule has 5 aromatic rings. The van der Waals surface area contributed by atoms with Crippen molar-refractivity contribution in [3.8, 4) is 5.75 Å². The number of hydrogen-bond acceptors (Lipinski definition) is 8. The molecule has 1 fully saturated rings. The van der Waals surface area contributed by atoms with Gasteiger partial charge in [-0.3, -0.25) is 14.5 Å². The number of hydrogen-bond donors (Lipinski definition) is 1. The number of Topliss-reactive ketones (excluding diaryl/α,β-unsaturated/α-hetero) is 1. The summed E-state index contributed by atoms with van der Waals surface area (Å²) in [5.41, 5.74) is 6.24. The first-order chi connectivity index (χ1) is 21.8. The second-order valence-corrected chi connectivity index (χ2v) is 13.1. The van der Waals surface area contributed by atoms with Crippen LogP contribution >= 0.6 is 23.1 Å². The van der Waals surface area contributed by atoms with Gasteiger partial charge in [0.1, 0.15) is 18.1 Å². The van der Waals surface area contributed by atoms with Crippen LogP contribution in [-0.4, -0.2) is 27.0 Å². The Labute approximate surface area is 270 Å². The van der Waals surface area contributed by atoms with E-state index in [0.29, 0.717) is 33.6 Å². The number of carbonyl (C=O) groups excluding carboxylic acids is 2. The molecule has 226 valence electrons. The van der Waals surface area contributed by atoms with Crippen molar-refractivity contribution in [1.29, 1.82) is 0 Å². The maximum absolute atomic E-state index is 13.7. The molecular weight excluding hydrogens is 603 g/mol. The molecule has 1 N–H and O–H groups in total. The second-order valence-electron chi connectivity index (χ2n) is 11.0. The van der Waals surface area contributed by atoms with Crippen molar-refractivity contribution in [3.05, 3.63) is 142 Å². The first-order valence-corrected chi connectivity index (χ1v) is 16.3. The third-order valence-corrected chi connectivity index (χ3v) is 9.75. The molecule has 1 aliphatic heterocycles. The number of rotatable bonds is 9. The number of thioether (sulfide) groups is 1. The molecule has 1 aromatic heterocycles. The molecule has 2 heterocycles. The fourth-order valence-electron chi connectivity index (χ4n) is 5.16. The van der Waals surface area contributed by atoms with Gasteiger partial charge in [-0.25, -0.2) is 0 Å². The molecule has 0 saturated carbocycles. The first-order valence-electron chi connectivity index (χ1n) is 14.5. The first kappa shape index (κ1) is 30.3. The SMILES string of the molecule is Cc1ccc(CSc2nnc(N3C(=O)C(=O)/C(=C(/O)c4cc(C)ccc4C)C3c3ccc(OCc4ccccc4)cc3)s2)cc1. The summed E-state index contributed by atoms with van der Waals surface area (Å²) in [6.45, 7) is 6.22. The largest absolute Gasteiger partial charge is 0.507 e. The number of anilines is 1. The van der Waals surface area contributed by atoms with E-state index in [9.17, 15) is 14.7 Å². The number of aliphatic hydroxyl groups excluding tert-OH is 1. The summed E-state index contributed by atoms with van der Waals surface area (Å²) in [6, 6.07) is 30.1. The van der Waals surface area contributed by atoms with Crippen LogP contribution in [0, 0.1) is 20.8 Å². The maximum atomic E-state index is 13.7. The fraction of sp³-hybridized carbons (Fsp3) is 0.167. The minimum absolute atomic E-state index is 0.00992. The number of aryl methyl sites for hydroxylation is 3. The van der Waals surface area contributed by atoms with E-state index in [0.717, 1.165) is 22.3 Å². The van der Waals surface area contributed by atoms with E-state index in [1.165, 1.54) is 33.6 Å². The highest BCUT2D eigenvalue weighted by Gasteiger charge is 2.48. The molecule has 1 aliphatic rings. The van der Waals surface area contributed by atoms with E-state index < -0.39 is 17.7 Å². The Morgan fingerprint density at radius 1 is 0.867 bits per heavy atom. The highest BCUT2D eigenvalue weighted by Crippen LogP contribution is 2.44. The Balaban J connectivity index is 1.35. The molecule has 0 bridgehead atoms. The lowest BCUT2D eigenvalue weighted by Gasteiger charge is -2.23. The lowest BCUT2D eigenvalue weighted by Crippen LogP contribution is -2.29. The summed E-state index contributed by atoms with van der Waals surface area (Å²) in [6.07, 6.45) is 0. The van der Waals surface area contributed by atoms with Crippen LogP contribution in [0.2, 0.25) is 0 Å². The van der Waals surface area contributed by atoms with E-state index >= 15 is 0 Å². The molecule has 1 atom stereocenters. The maximum Gasteiger partial charge on any atom is 0.301 e. The Kier molecular flexibility index (Phi) is 8.82. The van der Waals surface area contributed by atoms with Gasteiger partial charge in [0.05, 0.1) is 11.6 Å². The zero-order valence-electron chi connectivity index (χ0n) is 25.1. The molecule has 1 unspecified atom stereocenters. The standard InChI is InChI=1S/C36H31N3O4S2/c1-22-10-13-26(14-11-22)21-44-36-38-37-35(45-36)39-31(27-15-17-28(18-16-27)43-20-25-7-5-4-6-8-25)30(33(41)34(39)42)32(40)29-19-23(2)9-12-24(29)3/h4-19,31,40H,20-21H2,1-3H3/b32-30+. The molecule has 9 heteroatoms. The van der Waals surface area contributed by atoms with E-state index in [1.54, 1.807) is 12.1 Å². The van der Waals surface area contributed by atoms with Crippen molar-refractivity contribution < 1.29 is 19.4 Å². The number of ketones is 1. The average molecular weight is 634 g/mol. The van der Waals surface area contributed by atoms with Crippen LogP contribution in [0.5, 0.6) is 5.75 Å². The van der Waals surface area contributed by atoms with Crippen LogP contribution in [0.3, 0.4) is 0 Å². The molecule has 0 radical (unpaired) electrons. The van der Waals surface area contributed by atoms with Gasteiger partial charge in [0, 0.05) is 11.3 Å². The summed E-state index contributed by atoms with van der Waals surface area (Å²) < 4.78 is 6.65. The van der Waals surface area contributed by atoms with E-state index in [2.05, 4.69) is 34.5 Å². The molecule has 1 amide bonds. The van der Waals surface area contributed by atoms with Gasteiger partial charge in [-0.2, -0.15) is 0 Å². The molecule has 0 aliphatic carbocycles. The van der Waals surface area contributed by atoms with Gasteiger partial charge in [-0.05, 0) is 61.2 Å². The fourth-order valence-corrected chi connectivity index (χ4v) is 6.98. The minimum Gasteiger partial charge on any atom is -0.507 e. The van der Waals surface area contributed by atoms with Crippen molar-refractivity contribution in [2.45, 2.75) is 43.5 Å². The third-order valence-electron chi connectivity index (χ3n) is 7.62. The van der Waals surface area contributed by atoms with Gasteiger partial charge in [0.2, 0.25) is 5.13 Å². The number of amides is 1. The highest BCUT2D eigenvalue weighted by atomic mass is 32.2. The van der Waals surface area contributed by atoms with E-state index in [1.807, 2.05) is 81.4 Å². The Bertz CT molecular complexity index is 1880. The van der Waals surface area contributed by atoms with E-state index in [-0.39, 0.29) is 16.5 Å². The lowest BCUT2D eigenvalue weighted by molar-refractivity contribution is -0.132. The van der Waals surface area contributed by atoms with Crippen molar-refractivity contribution in [2.24, 2.45) is 0 Å². The van der Waals surface area contributed by atoms with Crippen LogP contribution in [0.15, 0.2) is 107 Å². The number of nitrogens with zero attached hydrogens (tertiary/aromatic N) is 3. The highest BCUT2D eigenvalue weighted by molar-refractivity contribution is 8.00. The normalized spacial score (nSPS) is 15.9. The second kappa shape index (κ2) is 13.1. The predicted octanol–water partition coefficient (Wildman–Crippen LogP) is 7.96. The Morgan fingerprint density at radius 2 is 1.58 bits per heavy atom. The van der Waals surface area contributed by atoms with Gasteiger partial charge in [-0.1, -0.05) is 113 Å². The number of aliphatic hydroxyl groups is 1. The monoisotopic (exact) mass is 633 g/mol. The van der Waals surface area contributed by atoms with Gasteiger partial charge in [0.15, 0.2) is 4.34 Å². The number of ether oxygens (including phenoxy) is 1. The van der Waals surface area contributed by atoms with Crippen molar-refractivity contribution >= 4 is 45.7 Å². The predicted molar refractivity (Wildman–Crippen MR) is 179 cm³/mol. The van der Waals surface area contributed by atoms with Crippen molar-refractivity contribution in [3.63, 3.8) is 0 Å². The molecular formula is C36H31N3O4S2. The summed E-state index contributed by atoms with van der Waals surface area (Å²) in [7, 11) is 0.